The van der Waals surface area contributed by atoms with Gasteiger partial charge < -0.3 is 16.0 Å². The van der Waals surface area contributed by atoms with Gasteiger partial charge in [0.1, 0.15) is 5.82 Å². The molecule has 0 aromatic carbocycles. The van der Waals surface area contributed by atoms with E-state index in [9.17, 15) is 0 Å². The Hall–Kier alpha value is -1.67. The molecule has 2 aliphatic heterocycles. The van der Waals surface area contributed by atoms with Crippen molar-refractivity contribution in [2.45, 2.75) is 19.4 Å². The Labute approximate surface area is 172 Å². The third-order valence-electron chi connectivity index (χ3n) is 5.01. The SMILES string of the molecule is Cl.Cl.Nc1nc2c(c(N3CCN(Cc4ccncc4)CC3)n1)CCNCC2. The number of hydrogen-bond acceptors (Lipinski definition) is 7. The van der Waals surface area contributed by atoms with E-state index in [1.165, 1.54) is 11.1 Å². The lowest BCUT2D eigenvalue weighted by Crippen LogP contribution is -2.46. The van der Waals surface area contributed by atoms with Crippen LogP contribution in [0.1, 0.15) is 16.8 Å². The van der Waals surface area contributed by atoms with Crippen molar-refractivity contribution in [1.29, 1.82) is 0 Å². The third-order valence-corrected chi connectivity index (χ3v) is 5.01. The lowest BCUT2D eigenvalue weighted by Gasteiger charge is -2.36. The summed E-state index contributed by atoms with van der Waals surface area (Å²) in [6.45, 7) is 6.92. The topological polar surface area (TPSA) is 83.2 Å². The van der Waals surface area contributed by atoms with Crippen molar-refractivity contribution < 1.29 is 0 Å². The van der Waals surface area contributed by atoms with Crippen molar-refractivity contribution in [2.24, 2.45) is 0 Å². The quantitative estimate of drug-likeness (QED) is 0.787. The molecule has 1 saturated heterocycles. The van der Waals surface area contributed by atoms with Gasteiger partial charge in [-0.15, -0.1) is 24.8 Å². The number of nitrogens with one attached hydrogen (secondary N) is 1. The first-order chi connectivity index (χ1) is 12.3. The minimum Gasteiger partial charge on any atom is -0.368 e. The summed E-state index contributed by atoms with van der Waals surface area (Å²) in [6.07, 6.45) is 5.62. The number of anilines is 2. The van der Waals surface area contributed by atoms with Gasteiger partial charge in [0.2, 0.25) is 5.95 Å². The Morgan fingerprint density at radius 1 is 0.963 bits per heavy atom. The Morgan fingerprint density at radius 3 is 2.41 bits per heavy atom. The molecule has 0 bridgehead atoms. The molecule has 4 rings (SSSR count). The summed E-state index contributed by atoms with van der Waals surface area (Å²) < 4.78 is 0. The van der Waals surface area contributed by atoms with Gasteiger partial charge in [-0.3, -0.25) is 9.88 Å². The number of fused-ring (bicyclic) bond motifs is 1. The molecule has 0 radical (unpaired) electrons. The van der Waals surface area contributed by atoms with Gasteiger partial charge in [-0.25, -0.2) is 4.98 Å². The number of rotatable bonds is 3. The van der Waals surface area contributed by atoms with Crippen LogP contribution in [-0.4, -0.2) is 59.1 Å². The Kier molecular flexibility index (Phi) is 8.04. The second-order valence-corrected chi connectivity index (χ2v) is 6.70. The number of piperazine rings is 1. The first-order valence-electron chi connectivity index (χ1n) is 9.02. The molecule has 4 heterocycles. The van der Waals surface area contributed by atoms with Crippen molar-refractivity contribution in [3.63, 3.8) is 0 Å². The molecule has 0 saturated carbocycles. The van der Waals surface area contributed by atoms with Gasteiger partial charge in [-0.1, -0.05) is 0 Å². The number of halogens is 2. The van der Waals surface area contributed by atoms with Crippen LogP contribution in [0, 0.1) is 0 Å². The molecule has 0 atom stereocenters. The molecule has 2 aromatic heterocycles. The van der Waals surface area contributed by atoms with Crippen LogP contribution in [0.15, 0.2) is 24.5 Å². The molecule has 0 aliphatic carbocycles. The Balaban J connectivity index is 0.00000131. The van der Waals surface area contributed by atoms with Crippen LogP contribution >= 0.6 is 24.8 Å². The summed E-state index contributed by atoms with van der Waals surface area (Å²) in [5, 5.41) is 3.44. The van der Waals surface area contributed by atoms with E-state index in [1.54, 1.807) is 0 Å². The summed E-state index contributed by atoms with van der Waals surface area (Å²) in [6, 6.07) is 4.18. The molecule has 0 amide bonds. The van der Waals surface area contributed by atoms with Crippen LogP contribution < -0.4 is 16.0 Å². The first kappa shape index (κ1) is 21.6. The molecule has 0 unspecified atom stereocenters. The van der Waals surface area contributed by atoms with Crippen molar-refractivity contribution in [3.05, 3.63) is 41.3 Å². The summed E-state index contributed by atoms with van der Waals surface area (Å²) in [4.78, 5) is 18.0. The highest BCUT2D eigenvalue weighted by Crippen LogP contribution is 2.25. The van der Waals surface area contributed by atoms with Crippen molar-refractivity contribution in [1.82, 2.24) is 25.2 Å². The van der Waals surface area contributed by atoms with Crippen LogP contribution in [0.5, 0.6) is 0 Å². The normalized spacial score (nSPS) is 17.3. The summed E-state index contributed by atoms with van der Waals surface area (Å²) in [5.41, 5.74) is 9.70. The van der Waals surface area contributed by atoms with E-state index in [-0.39, 0.29) is 24.8 Å². The van der Waals surface area contributed by atoms with Gasteiger partial charge in [0.25, 0.3) is 0 Å². The molecule has 2 aromatic rings. The molecular weight excluding hydrogens is 385 g/mol. The van der Waals surface area contributed by atoms with Crippen LogP contribution in [0.4, 0.5) is 11.8 Å². The van der Waals surface area contributed by atoms with Crippen LogP contribution in [-0.2, 0) is 19.4 Å². The van der Waals surface area contributed by atoms with Gasteiger partial charge >= 0.3 is 0 Å². The standard InChI is InChI=1S/C18H25N7.2ClH/c19-18-22-16-4-8-21-7-3-15(16)17(23-18)25-11-9-24(10-12-25)13-14-1-5-20-6-2-14;;/h1-2,5-6,21H,3-4,7-13H2,(H2,19,22,23);2*1H. The van der Waals surface area contributed by atoms with Crippen molar-refractivity contribution in [2.75, 3.05) is 49.9 Å². The van der Waals surface area contributed by atoms with E-state index in [4.69, 9.17) is 5.73 Å². The van der Waals surface area contributed by atoms with Gasteiger partial charge in [0.15, 0.2) is 0 Å². The monoisotopic (exact) mass is 411 g/mol. The smallest absolute Gasteiger partial charge is 0.222 e. The zero-order valence-electron chi connectivity index (χ0n) is 15.3. The lowest BCUT2D eigenvalue weighted by molar-refractivity contribution is 0.249. The zero-order valence-corrected chi connectivity index (χ0v) is 16.9. The molecular formula is C18H27Cl2N7. The van der Waals surface area contributed by atoms with E-state index in [2.05, 4.69) is 42.2 Å². The number of nitrogens with zero attached hydrogens (tertiary/aromatic N) is 5. The summed E-state index contributed by atoms with van der Waals surface area (Å²) in [5.74, 6) is 1.45. The first-order valence-corrected chi connectivity index (χ1v) is 9.02. The second-order valence-electron chi connectivity index (χ2n) is 6.70. The maximum Gasteiger partial charge on any atom is 0.222 e. The number of aromatic nitrogens is 3. The van der Waals surface area contributed by atoms with Gasteiger partial charge in [-0.2, -0.15) is 4.98 Å². The van der Waals surface area contributed by atoms with Crippen molar-refractivity contribution >= 4 is 36.6 Å². The van der Waals surface area contributed by atoms with E-state index in [1.807, 2.05) is 12.4 Å². The predicted molar refractivity (Wildman–Crippen MR) is 113 cm³/mol. The second kappa shape index (κ2) is 10.0. The molecule has 1 fully saturated rings. The molecule has 2 aliphatic rings. The number of nitrogens with two attached hydrogens (primary N) is 1. The van der Waals surface area contributed by atoms with E-state index in [0.29, 0.717) is 5.95 Å². The molecule has 9 heteroatoms. The largest absolute Gasteiger partial charge is 0.368 e. The lowest BCUT2D eigenvalue weighted by atomic mass is 10.1. The summed E-state index contributed by atoms with van der Waals surface area (Å²) in [7, 11) is 0. The highest BCUT2D eigenvalue weighted by atomic mass is 35.5. The van der Waals surface area contributed by atoms with Crippen molar-refractivity contribution in [3.8, 4) is 0 Å². The Bertz CT molecular complexity index is 721. The molecule has 148 valence electrons. The average molecular weight is 412 g/mol. The highest BCUT2D eigenvalue weighted by Gasteiger charge is 2.23. The molecule has 27 heavy (non-hydrogen) atoms. The Morgan fingerprint density at radius 2 is 1.67 bits per heavy atom. The number of hydrogen-bond donors (Lipinski definition) is 2. The number of nitrogen functional groups attached to an aromatic ring is 1. The van der Waals surface area contributed by atoms with Crippen LogP contribution in [0.2, 0.25) is 0 Å². The zero-order chi connectivity index (χ0) is 17.1. The fraction of sp³-hybridized carbons (Fsp3) is 0.500. The van der Waals surface area contributed by atoms with Crippen LogP contribution in [0.25, 0.3) is 0 Å². The van der Waals surface area contributed by atoms with E-state index in [0.717, 1.165) is 70.2 Å². The summed E-state index contributed by atoms with van der Waals surface area (Å²) >= 11 is 0. The molecule has 3 N–H and O–H groups in total. The van der Waals surface area contributed by atoms with Gasteiger partial charge in [-0.05, 0) is 30.7 Å². The number of pyridine rings is 1. The average Bonchev–Trinajstić information content (AvgIpc) is 2.88. The van der Waals surface area contributed by atoms with E-state index < -0.39 is 0 Å². The molecule has 0 spiro atoms. The third kappa shape index (κ3) is 5.19. The predicted octanol–water partition coefficient (Wildman–Crippen LogP) is 1.31. The van der Waals surface area contributed by atoms with E-state index >= 15 is 0 Å². The fourth-order valence-corrected chi connectivity index (χ4v) is 3.67. The minimum atomic E-state index is 0. The minimum absolute atomic E-state index is 0. The highest BCUT2D eigenvalue weighted by molar-refractivity contribution is 5.85. The maximum atomic E-state index is 5.98. The van der Waals surface area contributed by atoms with Gasteiger partial charge in [0.05, 0.1) is 5.69 Å². The molecule has 7 nitrogen and oxygen atoms in total. The maximum absolute atomic E-state index is 5.98. The van der Waals surface area contributed by atoms with Crippen LogP contribution in [0.3, 0.4) is 0 Å². The fourth-order valence-electron chi connectivity index (χ4n) is 3.67. The van der Waals surface area contributed by atoms with Gasteiger partial charge in [0, 0.05) is 63.6 Å².